The second-order valence-electron chi connectivity index (χ2n) is 4.92. The number of rotatable bonds is 4. The fourth-order valence-electron chi connectivity index (χ4n) is 2.42. The van der Waals surface area contributed by atoms with Gasteiger partial charge in [0.15, 0.2) is 0 Å². The number of amides is 1. The average molecular weight is 247 g/mol. The fourth-order valence-corrected chi connectivity index (χ4v) is 2.42. The zero-order valence-corrected chi connectivity index (χ0v) is 11.1. The highest BCUT2D eigenvalue weighted by molar-refractivity contribution is 5.99. The van der Waals surface area contributed by atoms with Crippen LogP contribution in [0.1, 0.15) is 16.8 Å². The standard InChI is InChI=1S/C14H21N3O/c1-15-13-6-4-3-5-12(13)14(18)16-9-11-7-8-17(2)10-11/h3-6,11,15H,7-10H2,1-2H3,(H,16,18). The molecule has 2 N–H and O–H groups in total. The summed E-state index contributed by atoms with van der Waals surface area (Å²) in [5.74, 6) is 0.593. The Labute approximate surface area is 108 Å². The van der Waals surface area contributed by atoms with Crippen LogP contribution < -0.4 is 10.6 Å². The van der Waals surface area contributed by atoms with Crippen molar-refractivity contribution in [2.24, 2.45) is 5.92 Å². The van der Waals surface area contributed by atoms with Gasteiger partial charge in [-0.3, -0.25) is 4.79 Å². The molecule has 0 aliphatic carbocycles. The normalized spacial score (nSPS) is 19.8. The molecule has 1 aromatic carbocycles. The van der Waals surface area contributed by atoms with Crippen molar-refractivity contribution in [3.63, 3.8) is 0 Å². The summed E-state index contributed by atoms with van der Waals surface area (Å²) in [5, 5.41) is 6.07. The van der Waals surface area contributed by atoms with E-state index in [4.69, 9.17) is 0 Å². The van der Waals surface area contributed by atoms with Gasteiger partial charge < -0.3 is 15.5 Å². The molecule has 1 aliphatic heterocycles. The van der Waals surface area contributed by atoms with Crippen molar-refractivity contribution in [3.8, 4) is 0 Å². The Morgan fingerprint density at radius 3 is 2.89 bits per heavy atom. The Balaban J connectivity index is 1.91. The van der Waals surface area contributed by atoms with Crippen LogP contribution in [0.4, 0.5) is 5.69 Å². The van der Waals surface area contributed by atoms with E-state index in [9.17, 15) is 4.79 Å². The predicted octanol–water partition coefficient (Wildman–Crippen LogP) is 1.41. The van der Waals surface area contributed by atoms with Gasteiger partial charge in [-0.1, -0.05) is 12.1 Å². The lowest BCUT2D eigenvalue weighted by molar-refractivity contribution is 0.0948. The highest BCUT2D eigenvalue weighted by atomic mass is 16.1. The van der Waals surface area contributed by atoms with Gasteiger partial charge in [0.1, 0.15) is 0 Å². The second kappa shape index (κ2) is 5.87. The lowest BCUT2D eigenvalue weighted by Gasteiger charge is -2.13. The highest BCUT2D eigenvalue weighted by Gasteiger charge is 2.20. The molecule has 0 radical (unpaired) electrons. The number of anilines is 1. The number of para-hydroxylation sites is 1. The Morgan fingerprint density at radius 1 is 1.44 bits per heavy atom. The predicted molar refractivity (Wildman–Crippen MR) is 73.9 cm³/mol. The van der Waals surface area contributed by atoms with Gasteiger partial charge >= 0.3 is 0 Å². The number of hydrogen-bond donors (Lipinski definition) is 2. The highest BCUT2D eigenvalue weighted by Crippen LogP contribution is 2.15. The topological polar surface area (TPSA) is 44.4 Å². The van der Waals surface area contributed by atoms with Gasteiger partial charge in [0.2, 0.25) is 0 Å². The Hall–Kier alpha value is -1.55. The third-order valence-corrected chi connectivity index (χ3v) is 3.48. The van der Waals surface area contributed by atoms with Crippen molar-refractivity contribution in [1.82, 2.24) is 10.2 Å². The molecule has 0 saturated carbocycles. The number of likely N-dealkylation sites (tertiary alicyclic amines) is 1. The number of nitrogens with one attached hydrogen (secondary N) is 2. The van der Waals surface area contributed by atoms with Crippen LogP contribution >= 0.6 is 0 Å². The monoisotopic (exact) mass is 247 g/mol. The molecule has 1 amide bonds. The van der Waals surface area contributed by atoms with Gasteiger partial charge in [-0.25, -0.2) is 0 Å². The molecule has 0 spiro atoms. The van der Waals surface area contributed by atoms with Gasteiger partial charge in [-0.15, -0.1) is 0 Å². The molecule has 0 bridgehead atoms. The van der Waals surface area contributed by atoms with Crippen LogP contribution in [0.3, 0.4) is 0 Å². The van der Waals surface area contributed by atoms with E-state index in [1.807, 2.05) is 31.3 Å². The minimum absolute atomic E-state index is 0.00880. The van der Waals surface area contributed by atoms with Gasteiger partial charge in [0, 0.05) is 25.8 Å². The molecule has 0 aromatic heterocycles. The van der Waals surface area contributed by atoms with Gasteiger partial charge in [-0.05, 0) is 38.1 Å². The number of nitrogens with zero attached hydrogens (tertiary/aromatic N) is 1. The molecule has 18 heavy (non-hydrogen) atoms. The Morgan fingerprint density at radius 2 is 2.22 bits per heavy atom. The van der Waals surface area contributed by atoms with Crippen LogP contribution in [0.15, 0.2) is 24.3 Å². The van der Waals surface area contributed by atoms with Crippen LogP contribution in [-0.2, 0) is 0 Å². The van der Waals surface area contributed by atoms with Crippen molar-refractivity contribution >= 4 is 11.6 Å². The molecule has 4 heteroatoms. The zero-order valence-electron chi connectivity index (χ0n) is 11.1. The zero-order chi connectivity index (χ0) is 13.0. The van der Waals surface area contributed by atoms with Gasteiger partial charge in [0.05, 0.1) is 5.56 Å². The summed E-state index contributed by atoms with van der Waals surface area (Å²) < 4.78 is 0. The molecule has 1 heterocycles. The maximum atomic E-state index is 12.1. The smallest absolute Gasteiger partial charge is 0.253 e. The minimum atomic E-state index is 0.00880. The van der Waals surface area contributed by atoms with Crippen LogP contribution in [-0.4, -0.2) is 44.5 Å². The maximum absolute atomic E-state index is 12.1. The van der Waals surface area contributed by atoms with Crippen molar-refractivity contribution in [1.29, 1.82) is 0 Å². The van der Waals surface area contributed by atoms with Gasteiger partial charge in [-0.2, -0.15) is 0 Å². The number of carbonyl (C=O) groups excluding carboxylic acids is 1. The summed E-state index contributed by atoms with van der Waals surface area (Å²) in [6, 6.07) is 7.58. The van der Waals surface area contributed by atoms with Crippen LogP contribution in [0, 0.1) is 5.92 Å². The third-order valence-electron chi connectivity index (χ3n) is 3.48. The maximum Gasteiger partial charge on any atom is 0.253 e. The molecule has 4 nitrogen and oxygen atoms in total. The number of carbonyl (C=O) groups is 1. The second-order valence-corrected chi connectivity index (χ2v) is 4.92. The molecule has 1 aliphatic rings. The summed E-state index contributed by atoms with van der Waals surface area (Å²) in [4.78, 5) is 14.4. The third kappa shape index (κ3) is 3.01. The molecule has 1 saturated heterocycles. The van der Waals surface area contributed by atoms with E-state index in [1.165, 1.54) is 6.42 Å². The summed E-state index contributed by atoms with van der Waals surface area (Å²) in [6.07, 6.45) is 1.17. The quantitative estimate of drug-likeness (QED) is 0.845. The summed E-state index contributed by atoms with van der Waals surface area (Å²) in [5.41, 5.74) is 1.59. The van der Waals surface area contributed by atoms with Crippen LogP contribution in [0.2, 0.25) is 0 Å². The Bertz CT molecular complexity index is 419. The number of benzene rings is 1. The first-order valence-electron chi connectivity index (χ1n) is 6.44. The lowest BCUT2D eigenvalue weighted by Crippen LogP contribution is -2.30. The largest absolute Gasteiger partial charge is 0.387 e. The van der Waals surface area contributed by atoms with Crippen molar-refractivity contribution in [2.45, 2.75) is 6.42 Å². The molecule has 1 aromatic rings. The lowest BCUT2D eigenvalue weighted by atomic mass is 10.1. The molecule has 1 unspecified atom stereocenters. The van der Waals surface area contributed by atoms with E-state index >= 15 is 0 Å². The molecule has 1 atom stereocenters. The summed E-state index contributed by atoms with van der Waals surface area (Å²) in [6.45, 7) is 2.98. The van der Waals surface area contributed by atoms with Crippen molar-refractivity contribution < 1.29 is 4.79 Å². The van der Waals surface area contributed by atoms with Crippen molar-refractivity contribution in [3.05, 3.63) is 29.8 Å². The van der Waals surface area contributed by atoms with Gasteiger partial charge in [0.25, 0.3) is 5.91 Å². The van der Waals surface area contributed by atoms with E-state index < -0.39 is 0 Å². The van der Waals surface area contributed by atoms with E-state index in [0.717, 1.165) is 25.3 Å². The first-order chi connectivity index (χ1) is 8.70. The van der Waals surface area contributed by atoms with Crippen LogP contribution in [0.5, 0.6) is 0 Å². The SMILES string of the molecule is CNc1ccccc1C(=O)NCC1CCN(C)C1. The molecule has 98 valence electrons. The molecular weight excluding hydrogens is 226 g/mol. The molecule has 2 rings (SSSR count). The van der Waals surface area contributed by atoms with Crippen molar-refractivity contribution in [2.75, 3.05) is 39.0 Å². The van der Waals surface area contributed by atoms with E-state index in [2.05, 4.69) is 22.6 Å². The molecule has 1 fully saturated rings. The van der Waals surface area contributed by atoms with E-state index in [-0.39, 0.29) is 5.91 Å². The first kappa shape index (κ1) is 12.9. The average Bonchev–Trinajstić information content (AvgIpc) is 2.81. The summed E-state index contributed by atoms with van der Waals surface area (Å²) in [7, 11) is 3.95. The number of hydrogen-bond acceptors (Lipinski definition) is 3. The van der Waals surface area contributed by atoms with E-state index in [0.29, 0.717) is 11.5 Å². The Kier molecular flexibility index (Phi) is 4.20. The molecular formula is C14H21N3O. The van der Waals surface area contributed by atoms with E-state index in [1.54, 1.807) is 0 Å². The fraction of sp³-hybridized carbons (Fsp3) is 0.500. The summed E-state index contributed by atoms with van der Waals surface area (Å²) >= 11 is 0. The minimum Gasteiger partial charge on any atom is -0.387 e. The van der Waals surface area contributed by atoms with Crippen LogP contribution in [0.25, 0.3) is 0 Å². The first-order valence-corrected chi connectivity index (χ1v) is 6.44.